The average molecular weight is 472 g/mol. The molecule has 0 rings (SSSR count). The lowest BCUT2D eigenvalue weighted by atomic mass is 10.2. The molecule has 0 spiro atoms. The summed E-state index contributed by atoms with van der Waals surface area (Å²) in [6.07, 6.45) is -3.14. The third-order valence-electron chi connectivity index (χ3n) is 4.70. The van der Waals surface area contributed by atoms with Crippen LogP contribution in [0.25, 0.3) is 0 Å². The van der Waals surface area contributed by atoms with Gasteiger partial charge in [-0.1, -0.05) is 0 Å². The fraction of sp³-hybridized carbons (Fsp3) is 0.895. The maximum Gasteiger partial charge on any atom is 0.185 e. The molecule has 192 valence electrons. The summed E-state index contributed by atoms with van der Waals surface area (Å²) in [4.78, 5) is 4.73. The van der Waals surface area contributed by atoms with Gasteiger partial charge in [0.1, 0.15) is 0 Å². The van der Waals surface area contributed by atoms with Crippen LogP contribution in [-0.2, 0) is 0 Å². The van der Waals surface area contributed by atoms with Crippen molar-refractivity contribution in [2.75, 3.05) is 85.4 Å². The van der Waals surface area contributed by atoms with Crippen molar-refractivity contribution in [3.8, 4) is 0 Å². The molecule has 0 aliphatic heterocycles. The monoisotopic (exact) mass is 471 g/mol. The van der Waals surface area contributed by atoms with Crippen LogP contribution in [0.2, 0.25) is 0 Å². The van der Waals surface area contributed by atoms with Crippen molar-refractivity contribution in [3.63, 3.8) is 0 Å². The molecule has 10 N–H and O–H groups in total. The molecule has 0 bridgehead atoms. The molecule has 32 heavy (non-hydrogen) atoms. The summed E-state index contributed by atoms with van der Waals surface area (Å²) in [5.41, 5.74) is 0. The van der Waals surface area contributed by atoms with Gasteiger partial charge in [0.25, 0.3) is 0 Å². The Labute approximate surface area is 188 Å². The summed E-state index contributed by atoms with van der Waals surface area (Å²) in [6.45, 7) is -1.36. The maximum atomic E-state index is 10.1. The van der Waals surface area contributed by atoms with E-state index in [2.05, 4.69) is 0 Å². The molecule has 0 radical (unpaired) electrons. The highest BCUT2D eigenvalue weighted by atomic mass is 16.3. The summed E-state index contributed by atoms with van der Waals surface area (Å²) in [6, 6.07) is 0. The Hall–Kier alpha value is -1.10. The summed E-state index contributed by atoms with van der Waals surface area (Å²) in [5.74, 6) is -0.290. The van der Waals surface area contributed by atoms with E-state index in [9.17, 15) is 30.6 Å². The largest absolute Gasteiger partial charge is 0.495 e. The quantitative estimate of drug-likeness (QED) is 0.0753. The summed E-state index contributed by atoms with van der Waals surface area (Å²) in [7, 11) is 0. The zero-order chi connectivity index (χ0) is 24.5. The van der Waals surface area contributed by atoms with E-state index < -0.39 is 57.5 Å². The number of rotatable bonds is 20. The van der Waals surface area contributed by atoms with Gasteiger partial charge in [0.2, 0.25) is 0 Å². The molecule has 13 heteroatoms. The predicted octanol–water partition coefficient (Wildman–Crippen LogP) is -5.30. The number of nitrogens with zero attached hydrogens (tertiary/aromatic N) is 3. The van der Waals surface area contributed by atoms with Gasteiger partial charge in [-0.2, -0.15) is 0 Å². The molecule has 0 amide bonds. The van der Waals surface area contributed by atoms with Crippen LogP contribution in [0.1, 0.15) is 0 Å². The summed E-state index contributed by atoms with van der Waals surface area (Å²) >= 11 is 0. The first-order chi connectivity index (χ1) is 15.2. The molecule has 4 atom stereocenters. The fourth-order valence-corrected chi connectivity index (χ4v) is 2.99. The fourth-order valence-electron chi connectivity index (χ4n) is 2.99. The number of hydrogen-bond donors (Lipinski definition) is 10. The molecule has 0 heterocycles. The Balaban J connectivity index is 5.19. The molecule has 4 unspecified atom stereocenters. The van der Waals surface area contributed by atoms with Crippen LogP contribution >= 0.6 is 0 Å². The van der Waals surface area contributed by atoms with E-state index in [0.29, 0.717) is 6.54 Å². The zero-order valence-corrected chi connectivity index (χ0v) is 18.4. The molecule has 0 saturated carbocycles. The van der Waals surface area contributed by atoms with Crippen LogP contribution in [0.4, 0.5) is 0 Å². The van der Waals surface area contributed by atoms with Gasteiger partial charge >= 0.3 is 0 Å². The lowest BCUT2D eigenvalue weighted by Crippen LogP contribution is -2.47. The van der Waals surface area contributed by atoms with Gasteiger partial charge < -0.3 is 56.0 Å². The standard InChI is InChI=1S/C19H41N3O10/c23-6-1-19(32)22(10-18(31)14-27)5-4-20(7-15(28)11-24)2-3-21(8-16(29)12-25)9-17(30)13-26/h1,15-18,23-32H,2-14H2/b19-1+. The van der Waals surface area contributed by atoms with Crippen LogP contribution in [0.3, 0.4) is 0 Å². The Morgan fingerprint density at radius 2 is 0.938 bits per heavy atom. The van der Waals surface area contributed by atoms with Crippen LogP contribution in [0.15, 0.2) is 12.0 Å². The second-order valence-corrected chi connectivity index (χ2v) is 7.60. The van der Waals surface area contributed by atoms with Crippen LogP contribution < -0.4 is 0 Å². The van der Waals surface area contributed by atoms with Crippen molar-refractivity contribution in [3.05, 3.63) is 12.0 Å². The van der Waals surface area contributed by atoms with Crippen molar-refractivity contribution in [2.24, 2.45) is 0 Å². The van der Waals surface area contributed by atoms with Gasteiger partial charge in [-0.3, -0.25) is 9.80 Å². The van der Waals surface area contributed by atoms with Crippen molar-refractivity contribution >= 4 is 0 Å². The molecule has 0 aliphatic rings. The second kappa shape index (κ2) is 18.3. The number of aliphatic hydroxyl groups excluding tert-OH is 10. The minimum absolute atomic E-state index is 0.0405. The third kappa shape index (κ3) is 14.1. The molecule has 13 nitrogen and oxygen atoms in total. The predicted molar refractivity (Wildman–Crippen MR) is 115 cm³/mol. The van der Waals surface area contributed by atoms with Crippen LogP contribution in [-0.4, -0.2) is 176 Å². The van der Waals surface area contributed by atoms with Crippen LogP contribution in [0, 0.1) is 0 Å². The van der Waals surface area contributed by atoms with Crippen molar-refractivity contribution in [1.29, 1.82) is 0 Å². The normalized spacial score (nSPS) is 16.4. The highest BCUT2D eigenvalue weighted by Gasteiger charge is 2.20. The summed E-state index contributed by atoms with van der Waals surface area (Å²) < 4.78 is 0. The van der Waals surface area contributed by atoms with Crippen molar-refractivity contribution in [2.45, 2.75) is 24.4 Å². The Kier molecular flexibility index (Phi) is 17.7. The SMILES string of the molecule is OC/C=C(/O)N(CCN(CCN(CC(O)CO)CC(O)CO)CC(O)CO)CC(O)CO. The minimum Gasteiger partial charge on any atom is -0.495 e. The van der Waals surface area contributed by atoms with Crippen LogP contribution in [0.5, 0.6) is 0 Å². The van der Waals surface area contributed by atoms with Gasteiger partial charge in [-0.25, -0.2) is 0 Å². The first kappa shape index (κ1) is 30.9. The first-order valence-electron chi connectivity index (χ1n) is 10.6. The van der Waals surface area contributed by atoms with E-state index in [1.54, 1.807) is 9.80 Å². The molecule has 0 aromatic heterocycles. The lowest BCUT2D eigenvalue weighted by molar-refractivity contribution is 0.0130. The molecular formula is C19H41N3O10. The van der Waals surface area contributed by atoms with Gasteiger partial charge in [0, 0.05) is 58.4 Å². The lowest BCUT2D eigenvalue weighted by Gasteiger charge is -2.32. The van der Waals surface area contributed by atoms with E-state index in [1.807, 2.05) is 0 Å². The Morgan fingerprint density at radius 1 is 0.562 bits per heavy atom. The second-order valence-electron chi connectivity index (χ2n) is 7.60. The molecule has 0 fully saturated rings. The van der Waals surface area contributed by atoms with Gasteiger partial charge in [-0.05, 0) is 0 Å². The Bertz CT molecular complexity index is 476. The smallest absolute Gasteiger partial charge is 0.185 e. The van der Waals surface area contributed by atoms with E-state index >= 15 is 0 Å². The topological polar surface area (TPSA) is 212 Å². The first-order valence-corrected chi connectivity index (χ1v) is 10.6. The number of aliphatic hydroxyl groups is 10. The average Bonchev–Trinajstić information content (AvgIpc) is 2.78. The molecule has 0 aromatic rings. The van der Waals surface area contributed by atoms with Gasteiger partial charge in [0.15, 0.2) is 5.88 Å². The van der Waals surface area contributed by atoms with Gasteiger partial charge in [-0.15, -0.1) is 0 Å². The maximum absolute atomic E-state index is 10.1. The zero-order valence-electron chi connectivity index (χ0n) is 18.4. The molecule has 0 saturated heterocycles. The summed E-state index contributed by atoms with van der Waals surface area (Å²) in [5, 5.41) is 94.6. The van der Waals surface area contributed by atoms with Gasteiger partial charge in [0.05, 0.1) is 57.5 Å². The Morgan fingerprint density at radius 3 is 1.38 bits per heavy atom. The van der Waals surface area contributed by atoms with E-state index in [4.69, 9.17) is 20.4 Å². The highest BCUT2D eigenvalue weighted by molar-refractivity contribution is 4.92. The highest BCUT2D eigenvalue weighted by Crippen LogP contribution is 2.05. The third-order valence-corrected chi connectivity index (χ3v) is 4.70. The molecule has 0 aromatic carbocycles. The minimum atomic E-state index is -1.13. The number of hydrogen-bond acceptors (Lipinski definition) is 13. The van der Waals surface area contributed by atoms with Crippen molar-refractivity contribution < 1.29 is 51.1 Å². The van der Waals surface area contributed by atoms with E-state index in [1.165, 1.54) is 4.90 Å². The van der Waals surface area contributed by atoms with E-state index in [-0.39, 0.29) is 51.7 Å². The molecular weight excluding hydrogens is 430 g/mol. The van der Waals surface area contributed by atoms with E-state index in [0.717, 1.165) is 6.08 Å². The molecule has 0 aliphatic carbocycles. The van der Waals surface area contributed by atoms with Crippen molar-refractivity contribution in [1.82, 2.24) is 14.7 Å².